The minimum atomic E-state index is -0.230. The van der Waals surface area contributed by atoms with E-state index in [1.807, 2.05) is 12.1 Å². The predicted molar refractivity (Wildman–Crippen MR) is 79.0 cm³/mol. The number of hydrogen-bond donors (Lipinski definition) is 1. The lowest BCUT2D eigenvalue weighted by molar-refractivity contribution is 0.0107. The van der Waals surface area contributed by atoms with Gasteiger partial charge in [0.2, 0.25) is 0 Å². The van der Waals surface area contributed by atoms with Gasteiger partial charge in [0.25, 0.3) is 0 Å². The number of methoxy groups -OCH3 is 2. The second-order valence-electron chi connectivity index (χ2n) is 4.87. The number of halogens is 1. The van der Waals surface area contributed by atoms with Crippen LogP contribution in [-0.4, -0.2) is 25.9 Å². The molecule has 1 atom stereocenters. The predicted octanol–water partition coefficient (Wildman–Crippen LogP) is 3.82. The van der Waals surface area contributed by atoms with Gasteiger partial charge in [-0.3, -0.25) is 0 Å². The maximum absolute atomic E-state index is 5.50. The van der Waals surface area contributed by atoms with Crippen LogP contribution in [0.5, 0.6) is 0 Å². The second kappa shape index (κ2) is 6.55. The minimum Gasteiger partial charge on any atom is -0.380 e. The van der Waals surface area contributed by atoms with Crippen molar-refractivity contribution < 1.29 is 9.47 Å². The van der Waals surface area contributed by atoms with E-state index in [0.29, 0.717) is 6.61 Å². The fraction of sp³-hybridized carbons (Fsp3) is 0.571. The van der Waals surface area contributed by atoms with Crippen molar-refractivity contribution in [2.24, 2.45) is 0 Å². The SMILES string of the molecule is COCc1c(Br)cccc1NC(C)C(C)(C)OC. The van der Waals surface area contributed by atoms with E-state index in [1.165, 1.54) is 0 Å². The van der Waals surface area contributed by atoms with Crippen LogP contribution in [0.4, 0.5) is 5.69 Å². The zero-order chi connectivity index (χ0) is 13.8. The van der Waals surface area contributed by atoms with Gasteiger partial charge in [-0.2, -0.15) is 0 Å². The second-order valence-corrected chi connectivity index (χ2v) is 5.73. The molecule has 1 unspecified atom stereocenters. The Morgan fingerprint density at radius 3 is 2.56 bits per heavy atom. The molecule has 0 saturated carbocycles. The molecule has 0 radical (unpaired) electrons. The molecule has 0 aliphatic rings. The molecule has 0 saturated heterocycles. The van der Waals surface area contributed by atoms with Crippen molar-refractivity contribution in [3.8, 4) is 0 Å². The molecule has 4 heteroatoms. The first-order valence-corrected chi connectivity index (χ1v) is 6.79. The van der Waals surface area contributed by atoms with Gasteiger partial charge in [-0.05, 0) is 32.9 Å². The lowest BCUT2D eigenvalue weighted by atomic mass is 9.99. The van der Waals surface area contributed by atoms with Crippen LogP contribution in [0.25, 0.3) is 0 Å². The van der Waals surface area contributed by atoms with Crippen LogP contribution < -0.4 is 5.32 Å². The molecule has 0 spiro atoms. The minimum absolute atomic E-state index is 0.187. The van der Waals surface area contributed by atoms with Crippen molar-refractivity contribution in [2.45, 2.75) is 39.0 Å². The first kappa shape index (κ1) is 15.5. The van der Waals surface area contributed by atoms with Gasteiger partial charge < -0.3 is 14.8 Å². The molecule has 1 N–H and O–H groups in total. The molecule has 0 aliphatic heterocycles. The van der Waals surface area contributed by atoms with E-state index >= 15 is 0 Å². The van der Waals surface area contributed by atoms with E-state index < -0.39 is 0 Å². The first-order valence-electron chi connectivity index (χ1n) is 6.00. The highest BCUT2D eigenvalue weighted by molar-refractivity contribution is 9.10. The Morgan fingerprint density at radius 1 is 1.33 bits per heavy atom. The third-order valence-electron chi connectivity index (χ3n) is 3.35. The summed E-state index contributed by atoms with van der Waals surface area (Å²) in [6.45, 7) is 6.82. The van der Waals surface area contributed by atoms with Crippen LogP contribution in [0.3, 0.4) is 0 Å². The molecule has 1 aromatic carbocycles. The molecule has 0 aromatic heterocycles. The molecule has 1 rings (SSSR count). The van der Waals surface area contributed by atoms with Gasteiger partial charge in [-0.1, -0.05) is 22.0 Å². The molecule has 3 nitrogen and oxygen atoms in total. The Balaban J connectivity index is 2.93. The topological polar surface area (TPSA) is 30.5 Å². The van der Waals surface area contributed by atoms with Gasteiger partial charge in [0.1, 0.15) is 0 Å². The Bertz CT molecular complexity index is 393. The van der Waals surface area contributed by atoms with Crippen molar-refractivity contribution in [2.75, 3.05) is 19.5 Å². The summed E-state index contributed by atoms with van der Waals surface area (Å²) in [5, 5.41) is 3.49. The Labute approximate surface area is 118 Å². The average molecular weight is 316 g/mol. The first-order chi connectivity index (χ1) is 8.42. The Morgan fingerprint density at radius 2 is 2.00 bits per heavy atom. The van der Waals surface area contributed by atoms with Crippen molar-refractivity contribution in [1.29, 1.82) is 0 Å². The van der Waals surface area contributed by atoms with Gasteiger partial charge in [-0.25, -0.2) is 0 Å². The van der Waals surface area contributed by atoms with E-state index in [0.717, 1.165) is 15.7 Å². The smallest absolute Gasteiger partial charge is 0.0820 e. The zero-order valence-electron chi connectivity index (χ0n) is 11.7. The number of anilines is 1. The number of hydrogen-bond acceptors (Lipinski definition) is 3. The molecule has 102 valence electrons. The van der Waals surface area contributed by atoms with Crippen molar-refractivity contribution in [3.63, 3.8) is 0 Å². The van der Waals surface area contributed by atoms with Gasteiger partial charge in [0.05, 0.1) is 18.2 Å². The van der Waals surface area contributed by atoms with Gasteiger partial charge in [-0.15, -0.1) is 0 Å². The molecular weight excluding hydrogens is 294 g/mol. The molecule has 0 aliphatic carbocycles. The van der Waals surface area contributed by atoms with Crippen LogP contribution in [0.2, 0.25) is 0 Å². The van der Waals surface area contributed by atoms with E-state index in [4.69, 9.17) is 9.47 Å². The summed E-state index contributed by atoms with van der Waals surface area (Å²) in [6.07, 6.45) is 0. The molecular formula is C14H22BrNO2. The fourth-order valence-electron chi connectivity index (χ4n) is 1.57. The highest BCUT2D eigenvalue weighted by Gasteiger charge is 2.25. The molecule has 0 fully saturated rings. The Hall–Kier alpha value is -0.580. The number of nitrogens with one attached hydrogen (secondary N) is 1. The summed E-state index contributed by atoms with van der Waals surface area (Å²) in [6, 6.07) is 6.28. The van der Waals surface area contributed by atoms with E-state index in [-0.39, 0.29) is 11.6 Å². The quantitative estimate of drug-likeness (QED) is 0.865. The molecule has 1 aromatic rings. The van der Waals surface area contributed by atoms with E-state index in [1.54, 1.807) is 14.2 Å². The van der Waals surface area contributed by atoms with Crippen LogP contribution >= 0.6 is 15.9 Å². The van der Waals surface area contributed by atoms with E-state index in [2.05, 4.69) is 48.1 Å². The molecule has 0 heterocycles. The maximum atomic E-state index is 5.50. The summed E-state index contributed by atoms with van der Waals surface area (Å²) < 4.78 is 11.8. The third kappa shape index (κ3) is 3.70. The van der Waals surface area contributed by atoms with Crippen molar-refractivity contribution in [1.82, 2.24) is 0 Å². The number of ether oxygens (including phenoxy) is 2. The summed E-state index contributed by atoms with van der Waals surface area (Å²) in [4.78, 5) is 0. The number of rotatable bonds is 6. The summed E-state index contributed by atoms with van der Waals surface area (Å²) in [5.74, 6) is 0. The largest absolute Gasteiger partial charge is 0.380 e. The summed E-state index contributed by atoms with van der Waals surface area (Å²) in [5.41, 5.74) is 1.97. The van der Waals surface area contributed by atoms with E-state index in [9.17, 15) is 0 Å². The average Bonchev–Trinajstić information content (AvgIpc) is 2.33. The zero-order valence-corrected chi connectivity index (χ0v) is 13.3. The third-order valence-corrected chi connectivity index (χ3v) is 4.09. The van der Waals surface area contributed by atoms with Crippen LogP contribution in [0, 0.1) is 0 Å². The number of benzene rings is 1. The summed E-state index contributed by atoms with van der Waals surface area (Å²) in [7, 11) is 3.43. The lowest BCUT2D eigenvalue weighted by Gasteiger charge is -2.32. The molecule has 0 bridgehead atoms. The standard InChI is InChI=1S/C14H22BrNO2/c1-10(14(2,3)18-5)16-13-8-6-7-12(15)11(13)9-17-4/h6-8,10,16H,9H2,1-5H3. The highest BCUT2D eigenvalue weighted by Crippen LogP contribution is 2.28. The summed E-state index contributed by atoms with van der Waals surface area (Å²) >= 11 is 3.55. The van der Waals surface area contributed by atoms with Gasteiger partial charge in [0.15, 0.2) is 0 Å². The monoisotopic (exact) mass is 315 g/mol. The van der Waals surface area contributed by atoms with Crippen LogP contribution in [0.1, 0.15) is 26.3 Å². The maximum Gasteiger partial charge on any atom is 0.0820 e. The van der Waals surface area contributed by atoms with Crippen LogP contribution in [0.15, 0.2) is 22.7 Å². The molecule has 18 heavy (non-hydrogen) atoms. The normalized spacial score (nSPS) is 13.4. The Kier molecular flexibility index (Phi) is 5.63. The highest BCUT2D eigenvalue weighted by atomic mass is 79.9. The van der Waals surface area contributed by atoms with Crippen LogP contribution in [-0.2, 0) is 16.1 Å². The van der Waals surface area contributed by atoms with Crippen molar-refractivity contribution >= 4 is 21.6 Å². The van der Waals surface area contributed by atoms with Crippen molar-refractivity contribution in [3.05, 3.63) is 28.2 Å². The lowest BCUT2D eigenvalue weighted by Crippen LogP contribution is -2.41. The van der Waals surface area contributed by atoms with Gasteiger partial charge >= 0.3 is 0 Å². The molecule has 0 amide bonds. The fourth-order valence-corrected chi connectivity index (χ4v) is 2.05. The van der Waals surface area contributed by atoms with Gasteiger partial charge in [0, 0.05) is 29.9 Å².